The summed E-state index contributed by atoms with van der Waals surface area (Å²) in [5.41, 5.74) is 1.63. The van der Waals surface area contributed by atoms with Crippen LogP contribution in [-0.4, -0.2) is 24.5 Å². The van der Waals surface area contributed by atoms with Gasteiger partial charge in [0, 0.05) is 5.54 Å². The SMILES string of the molecule is C=C(C)CCC(CC)CC(C)(C)N(C)C. The molecule has 1 heteroatoms. The van der Waals surface area contributed by atoms with Crippen molar-refractivity contribution in [1.82, 2.24) is 4.90 Å². The molecule has 0 radical (unpaired) electrons. The van der Waals surface area contributed by atoms with Crippen molar-refractivity contribution in [3.63, 3.8) is 0 Å². The summed E-state index contributed by atoms with van der Waals surface area (Å²) in [5.74, 6) is 0.832. The van der Waals surface area contributed by atoms with E-state index < -0.39 is 0 Å². The van der Waals surface area contributed by atoms with Crippen molar-refractivity contribution in [2.24, 2.45) is 5.92 Å². The molecule has 0 aliphatic carbocycles. The van der Waals surface area contributed by atoms with Crippen molar-refractivity contribution in [3.8, 4) is 0 Å². The lowest BCUT2D eigenvalue weighted by Crippen LogP contribution is -2.39. The van der Waals surface area contributed by atoms with Gasteiger partial charge in [-0.05, 0) is 60.0 Å². The minimum absolute atomic E-state index is 0.315. The molecule has 0 aliphatic rings. The van der Waals surface area contributed by atoms with Crippen LogP contribution in [0.15, 0.2) is 12.2 Å². The van der Waals surface area contributed by atoms with Crippen LogP contribution in [0.3, 0.4) is 0 Å². The Hall–Kier alpha value is -0.300. The zero-order chi connectivity index (χ0) is 12.1. The fourth-order valence-electron chi connectivity index (χ4n) is 1.79. The molecular weight excluding hydrogens is 182 g/mol. The molecule has 1 atom stereocenters. The van der Waals surface area contributed by atoms with Crippen LogP contribution in [0.5, 0.6) is 0 Å². The molecule has 0 bridgehead atoms. The maximum atomic E-state index is 3.98. The predicted octanol–water partition coefficient (Wildman–Crippen LogP) is 4.10. The van der Waals surface area contributed by atoms with Crippen molar-refractivity contribution < 1.29 is 0 Å². The summed E-state index contributed by atoms with van der Waals surface area (Å²) in [5, 5.41) is 0. The molecule has 0 amide bonds. The van der Waals surface area contributed by atoms with E-state index in [4.69, 9.17) is 0 Å². The van der Waals surface area contributed by atoms with E-state index in [1.807, 2.05) is 0 Å². The lowest BCUT2D eigenvalue weighted by Gasteiger charge is -2.35. The van der Waals surface area contributed by atoms with Crippen LogP contribution in [-0.2, 0) is 0 Å². The Balaban J connectivity index is 4.14. The average Bonchev–Trinajstić information content (AvgIpc) is 2.11. The quantitative estimate of drug-likeness (QED) is 0.573. The van der Waals surface area contributed by atoms with E-state index >= 15 is 0 Å². The van der Waals surface area contributed by atoms with Crippen LogP contribution in [0.4, 0.5) is 0 Å². The normalized spacial score (nSPS) is 14.3. The zero-order valence-electron chi connectivity index (χ0n) is 11.6. The van der Waals surface area contributed by atoms with Crippen LogP contribution in [0.1, 0.15) is 53.4 Å². The highest BCUT2D eigenvalue weighted by Crippen LogP contribution is 2.27. The molecule has 0 aromatic rings. The van der Waals surface area contributed by atoms with Gasteiger partial charge in [-0.25, -0.2) is 0 Å². The van der Waals surface area contributed by atoms with Crippen LogP contribution in [0.25, 0.3) is 0 Å². The third-order valence-corrected chi connectivity index (χ3v) is 3.56. The predicted molar refractivity (Wildman–Crippen MR) is 70.2 cm³/mol. The molecule has 0 spiro atoms. The van der Waals surface area contributed by atoms with Crippen LogP contribution < -0.4 is 0 Å². The molecule has 90 valence electrons. The number of nitrogens with zero attached hydrogens (tertiary/aromatic N) is 1. The van der Waals surface area contributed by atoms with Gasteiger partial charge in [0.25, 0.3) is 0 Å². The number of hydrogen-bond donors (Lipinski definition) is 0. The van der Waals surface area contributed by atoms with Gasteiger partial charge in [-0.2, -0.15) is 0 Å². The summed E-state index contributed by atoms with van der Waals surface area (Å²) in [6.45, 7) is 13.1. The first-order valence-corrected chi connectivity index (χ1v) is 6.11. The van der Waals surface area contributed by atoms with Gasteiger partial charge in [-0.15, -0.1) is 6.58 Å². The topological polar surface area (TPSA) is 3.24 Å². The second-order valence-corrected chi connectivity index (χ2v) is 5.68. The fraction of sp³-hybridized carbons (Fsp3) is 0.857. The molecular formula is C14H29N. The first-order chi connectivity index (χ1) is 6.79. The van der Waals surface area contributed by atoms with Gasteiger partial charge >= 0.3 is 0 Å². The summed E-state index contributed by atoms with van der Waals surface area (Å²) in [4.78, 5) is 2.33. The Morgan fingerprint density at radius 1 is 1.33 bits per heavy atom. The molecule has 1 nitrogen and oxygen atoms in total. The van der Waals surface area contributed by atoms with Crippen molar-refractivity contribution in [1.29, 1.82) is 0 Å². The van der Waals surface area contributed by atoms with Crippen LogP contribution >= 0.6 is 0 Å². The molecule has 0 saturated heterocycles. The molecule has 0 aliphatic heterocycles. The molecule has 0 rings (SSSR count). The van der Waals surface area contributed by atoms with E-state index in [0.29, 0.717) is 5.54 Å². The van der Waals surface area contributed by atoms with E-state index in [1.54, 1.807) is 0 Å². The third kappa shape index (κ3) is 5.99. The first kappa shape index (κ1) is 14.7. The van der Waals surface area contributed by atoms with Gasteiger partial charge in [-0.1, -0.05) is 18.9 Å². The number of allylic oxidation sites excluding steroid dienone is 1. The van der Waals surface area contributed by atoms with Crippen LogP contribution in [0, 0.1) is 5.92 Å². The first-order valence-electron chi connectivity index (χ1n) is 6.11. The monoisotopic (exact) mass is 211 g/mol. The van der Waals surface area contributed by atoms with Gasteiger partial charge in [-0.3, -0.25) is 0 Å². The minimum Gasteiger partial charge on any atom is -0.304 e. The second kappa shape index (κ2) is 6.32. The van der Waals surface area contributed by atoms with Gasteiger partial charge in [0.15, 0.2) is 0 Å². The Bertz CT molecular complexity index is 192. The molecule has 1 unspecified atom stereocenters. The van der Waals surface area contributed by atoms with Gasteiger partial charge in [0.2, 0.25) is 0 Å². The molecule has 15 heavy (non-hydrogen) atoms. The van der Waals surface area contributed by atoms with E-state index in [2.05, 4.69) is 53.3 Å². The number of hydrogen-bond acceptors (Lipinski definition) is 1. The Kier molecular flexibility index (Phi) is 6.19. The standard InChI is InChI=1S/C14H29N/c1-8-13(10-9-12(2)3)11-14(4,5)15(6)7/h13H,2,8-11H2,1,3-7H3. The fourth-order valence-corrected chi connectivity index (χ4v) is 1.79. The summed E-state index contributed by atoms with van der Waals surface area (Å²) < 4.78 is 0. The molecule has 0 aromatic heterocycles. The van der Waals surface area contributed by atoms with Gasteiger partial charge in [0.1, 0.15) is 0 Å². The summed E-state index contributed by atoms with van der Waals surface area (Å²) in [7, 11) is 4.34. The highest BCUT2D eigenvalue weighted by atomic mass is 15.1. The maximum Gasteiger partial charge on any atom is 0.0149 e. The van der Waals surface area contributed by atoms with E-state index in [9.17, 15) is 0 Å². The minimum atomic E-state index is 0.315. The smallest absolute Gasteiger partial charge is 0.0149 e. The Morgan fingerprint density at radius 2 is 1.87 bits per heavy atom. The second-order valence-electron chi connectivity index (χ2n) is 5.68. The molecule has 0 aromatic carbocycles. The van der Waals surface area contributed by atoms with Crippen LogP contribution in [0.2, 0.25) is 0 Å². The Labute approximate surface area is 96.6 Å². The largest absolute Gasteiger partial charge is 0.304 e. The lowest BCUT2D eigenvalue weighted by molar-refractivity contribution is 0.150. The van der Waals surface area contributed by atoms with Gasteiger partial charge in [0.05, 0.1) is 0 Å². The highest BCUT2D eigenvalue weighted by molar-refractivity contribution is 4.89. The Morgan fingerprint density at radius 3 is 2.20 bits per heavy atom. The number of rotatable bonds is 7. The van der Waals surface area contributed by atoms with E-state index in [0.717, 1.165) is 5.92 Å². The molecule has 0 N–H and O–H groups in total. The molecule has 0 heterocycles. The van der Waals surface area contributed by atoms with Crippen molar-refractivity contribution in [2.75, 3.05) is 14.1 Å². The maximum absolute atomic E-state index is 3.98. The van der Waals surface area contributed by atoms with Crippen molar-refractivity contribution in [3.05, 3.63) is 12.2 Å². The van der Waals surface area contributed by atoms with E-state index in [-0.39, 0.29) is 0 Å². The highest BCUT2D eigenvalue weighted by Gasteiger charge is 2.24. The van der Waals surface area contributed by atoms with E-state index in [1.165, 1.54) is 31.3 Å². The molecule has 0 fully saturated rings. The summed E-state index contributed by atoms with van der Waals surface area (Å²) >= 11 is 0. The summed E-state index contributed by atoms with van der Waals surface area (Å²) in [6, 6.07) is 0. The summed E-state index contributed by atoms with van der Waals surface area (Å²) in [6.07, 6.45) is 5.04. The van der Waals surface area contributed by atoms with Gasteiger partial charge < -0.3 is 4.90 Å². The van der Waals surface area contributed by atoms with Crippen molar-refractivity contribution in [2.45, 2.75) is 58.9 Å². The van der Waals surface area contributed by atoms with Crippen molar-refractivity contribution >= 4 is 0 Å². The lowest BCUT2D eigenvalue weighted by atomic mass is 9.85. The molecule has 0 saturated carbocycles. The third-order valence-electron chi connectivity index (χ3n) is 3.56. The zero-order valence-corrected chi connectivity index (χ0v) is 11.6. The average molecular weight is 211 g/mol.